The summed E-state index contributed by atoms with van der Waals surface area (Å²) in [6.45, 7) is 4.82. The summed E-state index contributed by atoms with van der Waals surface area (Å²) in [6, 6.07) is 0. The molecule has 2 unspecified atom stereocenters. The van der Waals surface area contributed by atoms with E-state index in [-0.39, 0.29) is 32.3 Å². The monoisotopic (exact) mass is 988 g/mol. The Hall–Kier alpha value is -2.06. The van der Waals surface area contributed by atoms with E-state index in [1.54, 1.807) is 0 Å². The number of allylic oxidation sites excluding steroid dienone is 12. The second kappa shape index (κ2) is 56.8. The van der Waals surface area contributed by atoms with Gasteiger partial charge in [0.2, 0.25) is 0 Å². The van der Waals surface area contributed by atoms with Gasteiger partial charge < -0.3 is 20.1 Å². The SMILES string of the molecule is CC/C=C\C/C=C\C/C=C\C/C=C\C/C=C\C/C=C\CCCCCCCCCOCC(COP(=O)(O)OCCN)OC(=O)CCCCCCCCCCCCCCCCCCCCCCCCCC. The summed E-state index contributed by atoms with van der Waals surface area (Å²) in [6.07, 6.45) is 73.8. The molecule has 0 aliphatic carbocycles. The minimum atomic E-state index is -4.29. The van der Waals surface area contributed by atoms with Gasteiger partial charge in [-0.15, -0.1) is 0 Å². The molecule has 0 aliphatic heterocycles. The molecule has 0 bridgehead atoms. The van der Waals surface area contributed by atoms with Crippen molar-refractivity contribution in [1.29, 1.82) is 0 Å². The maximum atomic E-state index is 12.7. The maximum Gasteiger partial charge on any atom is 0.472 e. The van der Waals surface area contributed by atoms with Gasteiger partial charge >= 0.3 is 13.8 Å². The molecule has 0 radical (unpaired) electrons. The molecule has 69 heavy (non-hydrogen) atoms. The van der Waals surface area contributed by atoms with Gasteiger partial charge in [0.25, 0.3) is 0 Å². The van der Waals surface area contributed by atoms with Crippen LogP contribution in [-0.2, 0) is 27.9 Å². The number of rotatable bonds is 55. The third kappa shape index (κ3) is 56.7. The Morgan fingerprint density at radius 2 is 0.812 bits per heavy atom. The molecule has 0 aromatic rings. The largest absolute Gasteiger partial charge is 0.472 e. The van der Waals surface area contributed by atoms with E-state index in [0.717, 1.165) is 83.5 Å². The zero-order valence-electron chi connectivity index (χ0n) is 45.0. The fourth-order valence-corrected chi connectivity index (χ4v) is 8.95. The highest BCUT2D eigenvalue weighted by Crippen LogP contribution is 2.43. The number of unbranched alkanes of at least 4 members (excludes halogenated alkanes) is 30. The lowest BCUT2D eigenvalue weighted by Gasteiger charge is -2.20. The topological polar surface area (TPSA) is 117 Å². The Bertz CT molecular complexity index is 1290. The van der Waals surface area contributed by atoms with Crippen LogP contribution in [0.2, 0.25) is 0 Å². The van der Waals surface area contributed by atoms with E-state index < -0.39 is 13.9 Å². The van der Waals surface area contributed by atoms with Crippen molar-refractivity contribution in [2.45, 2.75) is 270 Å². The van der Waals surface area contributed by atoms with E-state index in [0.29, 0.717) is 13.0 Å². The van der Waals surface area contributed by atoms with Crippen molar-refractivity contribution in [3.05, 3.63) is 72.9 Å². The minimum absolute atomic E-state index is 0.0966. The summed E-state index contributed by atoms with van der Waals surface area (Å²) in [5, 5.41) is 0. The molecule has 0 heterocycles. The Kier molecular flexibility index (Phi) is 55.2. The van der Waals surface area contributed by atoms with E-state index in [9.17, 15) is 14.3 Å². The van der Waals surface area contributed by atoms with E-state index in [1.807, 2.05) is 0 Å². The molecule has 2 atom stereocenters. The second-order valence-corrected chi connectivity index (χ2v) is 20.6. The summed E-state index contributed by atoms with van der Waals surface area (Å²) in [5.41, 5.74) is 5.40. The Balaban J connectivity index is 3.91. The molecule has 0 saturated heterocycles. The zero-order chi connectivity index (χ0) is 50.1. The van der Waals surface area contributed by atoms with Crippen molar-refractivity contribution in [2.24, 2.45) is 5.73 Å². The highest BCUT2D eigenvalue weighted by molar-refractivity contribution is 7.47. The van der Waals surface area contributed by atoms with Crippen LogP contribution in [-0.4, -0.2) is 49.9 Å². The fourth-order valence-electron chi connectivity index (χ4n) is 8.18. The Morgan fingerprint density at radius 3 is 1.22 bits per heavy atom. The van der Waals surface area contributed by atoms with Gasteiger partial charge in [-0.2, -0.15) is 0 Å². The molecule has 0 aliphatic rings. The van der Waals surface area contributed by atoms with Gasteiger partial charge in [0.05, 0.1) is 19.8 Å². The molecular weight excluding hydrogens is 878 g/mol. The van der Waals surface area contributed by atoms with E-state index in [2.05, 4.69) is 86.8 Å². The van der Waals surface area contributed by atoms with Gasteiger partial charge in [0.1, 0.15) is 6.10 Å². The molecule has 0 aromatic carbocycles. The van der Waals surface area contributed by atoms with Gasteiger partial charge in [-0.1, -0.05) is 267 Å². The number of esters is 1. The van der Waals surface area contributed by atoms with E-state index >= 15 is 0 Å². The number of ether oxygens (including phenoxy) is 2. The van der Waals surface area contributed by atoms with Crippen LogP contribution in [0.3, 0.4) is 0 Å². The van der Waals surface area contributed by atoms with Crippen LogP contribution in [0.1, 0.15) is 264 Å². The van der Waals surface area contributed by atoms with Crippen LogP contribution in [0, 0.1) is 0 Å². The van der Waals surface area contributed by atoms with E-state index in [4.69, 9.17) is 24.3 Å². The smallest absolute Gasteiger partial charge is 0.457 e. The number of hydrogen-bond acceptors (Lipinski definition) is 7. The van der Waals surface area contributed by atoms with Crippen LogP contribution >= 0.6 is 7.82 Å². The van der Waals surface area contributed by atoms with Crippen molar-refractivity contribution >= 4 is 13.8 Å². The molecule has 0 rings (SSSR count). The minimum Gasteiger partial charge on any atom is -0.457 e. The lowest BCUT2D eigenvalue weighted by molar-refractivity contribution is -0.154. The van der Waals surface area contributed by atoms with E-state index in [1.165, 1.54) is 161 Å². The molecule has 0 amide bonds. The first-order chi connectivity index (χ1) is 33.9. The molecule has 8 nitrogen and oxygen atoms in total. The number of phosphoric acid groups is 1. The molecule has 0 aromatic heterocycles. The first-order valence-corrected chi connectivity index (χ1v) is 30.4. The van der Waals surface area contributed by atoms with Crippen LogP contribution in [0.15, 0.2) is 72.9 Å². The third-order valence-electron chi connectivity index (χ3n) is 12.4. The lowest BCUT2D eigenvalue weighted by Crippen LogP contribution is -2.28. The second-order valence-electron chi connectivity index (χ2n) is 19.1. The molecule has 0 spiro atoms. The number of carbonyl (C=O) groups excluding carboxylic acids is 1. The number of nitrogens with two attached hydrogens (primary N) is 1. The van der Waals surface area contributed by atoms with Gasteiger partial charge in [0.15, 0.2) is 0 Å². The summed E-state index contributed by atoms with van der Waals surface area (Å²) >= 11 is 0. The van der Waals surface area contributed by atoms with Crippen molar-refractivity contribution in [1.82, 2.24) is 0 Å². The summed E-state index contributed by atoms with van der Waals surface area (Å²) < 4.78 is 33.7. The van der Waals surface area contributed by atoms with Gasteiger partial charge in [-0.3, -0.25) is 13.8 Å². The normalized spacial score (nSPS) is 13.7. The summed E-state index contributed by atoms with van der Waals surface area (Å²) in [7, 11) is -4.29. The molecular formula is C60H110NO7P. The predicted molar refractivity (Wildman–Crippen MR) is 298 cm³/mol. The van der Waals surface area contributed by atoms with Crippen molar-refractivity contribution in [3.8, 4) is 0 Å². The number of carbonyl (C=O) groups is 1. The Labute approximate surface area is 426 Å². The highest BCUT2D eigenvalue weighted by atomic mass is 31.2. The fraction of sp³-hybridized carbons (Fsp3) is 0.783. The number of phosphoric ester groups is 1. The predicted octanol–water partition coefficient (Wildman–Crippen LogP) is 18.6. The highest BCUT2D eigenvalue weighted by Gasteiger charge is 2.25. The summed E-state index contributed by atoms with van der Waals surface area (Å²) in [4.78, 5) is 22.7. The summed E-state index contributed by atoms with van der Waals surface area (Å²) in [5.74, 6) is -0.331. The van der Waals surface area contributed by atoms with Crippen LogP contribution in [0.5, 0.6) is 0 Å². The molecule has 0 fully saturated rings. The maximum absolute atomic E-state index is 12.7. The molecule has 0 saturated carbocycles. The average Bonchev–Trinajstić information content (AvgIpc) is 3.34. The number of hydrogen-bond donors (Lipinski definition) is 2. The lowest BCUT2D eigenvalue weighted by atomic mass is 10.0. The first kappa shape index (κ1) is 66.9. The molecule has 3 N–H and O–H groups in total. The van der Waals surface area contributed by atoms with Crippen molar-refractivity contribution in [2.75, 3.05) is 33.0 Å². The van der Waals surface area contributed by atoms with Crippen LogP contribution in [0.4, 0.5) is 0 Å². The van der Waals surface area contributed by atoms with Gasteiger partial charge in [-0.25, -0.2) is 4.57 Å². The van der Waals surface area contributed by atoms with Gasteiger partial charge in [0, 0.05) is 19.6 Å². The quantitative estimate of drug-likeness (QED) is 0.0268. The first-order valence-electron chi connectivity index (χ1n) is 28.9. The van der Waals surface area contributed by atoms with Crippen LogP contribution in [0.25, 0.3) is 0 Å². The standard InChI is InChI=1S/C60H110NO7P/c1-3-5-7-9-11-13-15-17-19-21-23-25-27-29-30-32-34-36-38-40-42-44-46-48-50-52-55-65-57-59(58-67-69(63,64)66-56-54-61)68-60(62)53-51-49-47-45-43-41-39-37-35-33-31-28-26-24-22-20-18-16-14-12-10-8-6-4-2/h5,7,11,13,17,19,23,25,29-30,34,36,59H,3-4,6,8-10,12,14-16,18,20-22,24,26-28,31-33,35,37-58,61H2,1-2H3,(H,63,64)/b7-5-,13-11-,19-17-,25-23-,30-29-,36-34-. The third-order valence-corrected chi connectivity index (χ3v) is 13.4. The zero-order valence-corrected chi connectivity index (χ0v) is 45.9. The van der Waals surface area contributed by atoms with Crippen molar-refractivity contribution < 1.29 is 32.8 Å². The van der Waals surface area contributed by atoms with Crippen LogP contribution < -0.4 is 5.73 Å². The molecule has 402 valence electrons. The van der Waals surface area contributed by atoms with Crippen molar-refractivity contribution in [3.63, 3.8) is 0 Å². The Morgan fingerprint density at radius 1 is 0.449 bits per heavy atom. The van der Waals surface area contributed by atoms with Gasteiger partial charge in [-0.05, 0) is 64.2 Å². The average molecular weight is 989 g/mol. The molecule has 9 heteroatoms.